The van der Waals surface area contributed by atoms with E-state index in [1.54, 1.807) is 0 Å². The van der Waals surface area contributed by atoms with Gasteiger partial charge in [0.25, 0.3) is 5.69 Å². The molecule has 0 fully saturated rings. The van der Waals surface area contributed by atoms with Gasteiger partial charge in [0.15, 0.2) is 0 Å². The van der Waals surface area contributed by atoms with E-state index < -0.39 is 10.9 Å². The summed E-state index contributed by atoms with van der Waals surface area (Å²) in [6, 6.07) is 8.24. The zero-order chi connectivity index (χ0) is 15.6. The third-order valence-corrected chi connectivity index (χ3v) is 3.04. The van der Waals surface area contributed by atoms with Crippen LogP contribution in [0.15, 0.2) is 36.4 Å². The number of nitro groups is 1. The molecule has 0 bridgehead atoms. The second kappa shape index (κ2) is 5.99. The lowest BCUT2D eigenvalue weighted by molar-refractivity contribution is -0.383. The highest BCUT2D eigenvalue weighted by Gasteiger charge is 2.21. The van der Waals surface area contributed by atoms with E-state index in [0.717, 1.165) is 0 Å². The first-order valence-corrected chi connectivity index (χ1v) is 6.38. The van der Waals surface area contributed by atoms with Crippen LogP contribution in [0, 0.1) is 10.1 Å². The minimum absolute atomic E-state index is 0.131. The fourth-order valence-electron chi connectivity index (χ4n) is 1.77. The summed E-state index contributed by atoms with van der Waals surface area (Å²) in [5.41, 5.74) is -0.357. The minimum Gasteiger partial charge on any atom is -0.478 e. The van der Waals surface area contributed by atoms with Gasteiger partial charge in [-0.15, -0.1) is 0 Å². The number of rotatable bonds is 4. The monoisotopic (exact) mass is 326 g/mol. The van der Waals surface area contributed by atoms with Crippen molar-refractivity contribution in [2.45, 2.75) is 0 Å². The van der Waals surface area contributed by atoms with Crippen molar-refractivity contribution >= 4 is 46.2 Å². The molecule has 0 radical (unpaired) electrons. The molecular formula is C13H8Cl2N2O4. The lowest BCUT2D eigenvalue weighted by Crippen LogP contribution is -2.05. The van der Waals surface area contributed by atoms with E-state index >= 15 is 0 Å². The summed E-state index contributed by atoms with van der Waals surface area (Å²) in [6.45, 7) is 0. The summed E-state index contributed by atoms with van der Waals surface area (Å²) >= 11 is 11.7. The molecule has 2 aromatic rings. The first-order valence-electron chi connectivity index (χ1n) is 5.62. The molecule has 0 atom stereocenters. The van der Waals surface area contributed by atoms with Crippen molar-refractivity contribution in [3.8, 4) is 0 Å². The van der Waals surface area contributed by atoms with Crippen LogP contribution in [0.25, 0.3) is 0 Å². The van der Waals surface area contributed by atoms with Crippen molar-refractivity contribution in [3.05, 3.63) is 62.1 Å². The lowest BCUT2D eigenvalue weighted by Gasteiger charge is -2.10. The third-order valence-electron chi connectivity index (χ3n) is 2.60. The molecule has 0 spiro atoms. The Balaban J connectivity index is 2.56. The molecule has 0 saturated carbocycles. The van der Waals surface area contributed by atoms with Crippen molar-refractivity contribution in [3.63, 3.8) is 0 Å². The predicted octanol–water partition coefficient (Wildman–Crippen LogP) is 4.34. The van der Waals surface area contributed by atoms with Crippen LogP contribution in [0.1, 0.15) is 10.4 Å². The van der Waals surface area contributed by atoms with Crippen LogP contribution in [-0.2, 0) is 0 Å². The molecule has 0 unspecified atom stereocenters. The number of anilines is 2. The molecule has 0 amide bonds. The standard InChI is InChI=1S/C13H8Cl2N2O4/c14-7-4-8(15)6-9(5-7)16-12-10(13(18)19)2-1-3-11(12)17(20)21/h1-6,16H,(H,18,19). The second-order valence-electron chi connectivity index (χ2n) is 4.05. The summed E-state index contributed by atoms with van der Waals surface area (Å²) in [6.07, 6.45) is 0. The first kappa shape index (κ1) is 15.1. The summed E-state index contributed by atoms with van der Waals surface area (Å²) in [5, 5.41) is 23.5. The van der Waals surface area contributed by atoms with E-state index in [2.05, 4.69) is 5.32 Å². The summed E-state index contributed by atoms with van der Waals surface area (Å²) in [5.74, 6) is -1.28. The number of benzene rings is 2. The maximum absolute atomic E-state index is 11.2. The van der Waals surface area contributed by atoms with Crippen LogP contribution in [0.5, 0.6) is 0 Å². The molecular weight excluding hydrogens is 319 g/mol. The molecule has 2 N–H and O–H groups in total. The Kier molecular flexibility index (Phi) is 4.30. The number of nitrogens with zero attached hydrogens (tertiary/aromatic N) is 1. The van der Waals surface area contributed by atoms with E-state index in [4.69, 9.17) is 28.3 Å². The quantitative estimate of drug-likeness (QED) is 0.643. The van der Waals surface area contributed by atoms with Crippen molar-refractivity contribution in [2.75, 3.05) is 5.32 Å². The summed E-state index contributed by atoms with van der Waals surface area (Å²) < 4.78 is 0. The number of hydrogen-bond donors (Lipinski definition) is 2. The van der Waals surface area contributed by atoms with E-state index in [9.17, 15) is 14.9 Å². The topological polar surface area (TPSA) is 92.5 Å². The average Bonchev–Trinajstić information content (AvgIpc) is 2.37. The number of carboxylic acids is 1. The number of carboxylic acid groups (broad SMARTS) is 1. The Hall–Kier alpha value is -2.31. The maximum Gasteiger partial charge on any atom is 0.338 e. The molecule has 108 valence electrons. The number of halogens is 2. The minimum atomic E-state index is -1.28. The fourth-order valence-corrected chi connectivity index (χ4v) is 2.30. The number of nitrogens with one attached hydrogen (secondary N) is 1. The molecule has 0 aliphatic carbocycles. The zero-order valence-electron chi connectivity index (χ0n) is 10.3. The van der Waals surface area contributed by atoms with E-state index in [-0.39, 0.29) is 16.9 Å². The van der Waals surface area contributed by atoms with Gasteiger partial charge in [0.1, 0.15) is 5.69 Å². The molecule has 0 aromatic heterocycles. The number of aromatic carboxylic acids is 1. The second-order valence-corrected chi connectivity index (χ2v) is 4.92. The SMILES string of the molecule is O=C(O)c1cccc([N+](=O)[O-])c1Nc1cc(Cl)cc(Cl)c1. The van der Waals surface area contributed by atoms with Gasteiger partial charge in [-0.05, 0) is 24.3 Å². The summed E-state index contributed by atoms with van der Waals surface area (Å²) in [7, 11) is 0. The van der Waals surface area contributed by atoms with Gasteiger partial charge in [-0.2, -0.15) is 0 Å². The van der Waals surface area contributed by atoms with Gasteiger partial charge in [0.05, 0.1) is 10.5 Å². The van der Waals surface area contributed by atoms with Gasteiger partial charge in [-0.25, -0.2) is 4.79 Å². The Morgan fingerprint density at radius 1 is 1.19 bits per heavy atom. The molecule has 0 saturated heterocycles. The van der Waals surface area contributed by atoms with Gasteiger partial charge in [-0.3, -0.25) is 10.1 Å². The molecule has 0 aliphatic rings. The van der Waals surface area contributed by atoms with E-state index in [0.29, 0.717) is 15.7 Å². The lowest BCUT2D eigenvalue weighted by atomic mass is 10.1. The Labute approximate surface area is 129 Å². The number of hydrogen-bond acceptors (Lipinski definition) is 4. The van der Waals surface area contributed by atoms with Crippen molar-refractivity contribution < 1.29 is 14.8 Å². The Bertz CT molecular complexity index is 682. The molecule has 21 heavy (non-hydrogen) atoms. The Morgan fingerprint density at radius 3 is 2.33 bits per heavy atom. The molecule has 0 heterocycles. The average molecular weight is 327 g/mol. The van der Waals surface area contributed by atoms with Gasteiger partial charge >= 0.3 is 5.97 Å². The van der Waals surface area contributed by atoms with Gasteiger partial charge in [0, 0.05) is 21.8 Å². The van der Waals surface area contributed by atoms with Crippen LogP contribution in [0.3, 0.4) is 0 Å². The predicted molar refractivity (Wildman–Crippen MR) is 79.8 cm³/mol. The largest absolute Gasteiger partial charge is 0.478 e. The Morgan fingerprint density at radius 2 is 1.81 bits per heavy atom. The molecule has 2 aromatic carbocycles. The van der Waals surface area contributed by atoms with Crippen LogP contribution in [-0.4, -0.2) is 16.0 Å². The fraction of sp³-hybridized carbons (Fsp3) is 0. The van der Waals surface area contributed by atoms with E-state index in [1.165, 1.54) is 36.4 Å². The van der Waals surface area contributed by atoms with Crippen molar-refractivity contribution in [2.24, 2.45) is 0 Å². The van der Waals surface area contributed by atoms with Gasteiger partial charge in [0.2, 0.25) is 0 Å². The zero-order valence-corrected chi connectivity index (χ0v) is 11.9. The molecule has 2 rings (SSSR count). The smallest absolute Gasteiger partial charge is 0.338 e. The molecule has 0 aliphatic heterocycles. The van der Waals surface area contributed by atoms with Crippen molar-refractivity contribution in [1.82, 2.24) is 0 Å². The third kappa shape index (κ3) is 3.42. The maximum atomic E-state index is 11.2. The van der Waals surface area contributed by atoms with Gasteiger partial charge in [-0.1, -0.05) is 29.3 Å². The van der Waals surface area contributed by atoms with Crippen LogP contribution in [0.4, 0.5) is 17.1 Å². The number of para-hydroxylation sites is 1. The van der Waals surface area contributed by atoms with Crippen LogP contribution < -0.4 is 5.32 Å². The normalized spacial score (nSPS) is 10.2. The highest BCUT2D eigenvalue weighted by Crippen LogP contribution is 2.33. The number of carbonyl (C=O) groups is 1. The van der Waals surface area contributed by atoms with Crippen LogP contribution >= 0.6 is 23.2 Å². The number of nitro benzene ring substituents is 1. The highest BCUT2D eigenvalue weighted by molar-refractivity contribution is 6.35. The van der Waals surface area contributed by atoms with Crippen molar-refractivity contribution in [1.29, 1.82) is 0 Å². The van der Waals surface area contributed by atoms with E-state index in [1.807, 2.05) is 0 Å². The van der Waals surface area contributed by atoms with Gasteiger partial charge < -0.3 is 10.4 Å². The first-order chi connectivity index (χ1) is 9.88. The molecule has 6 nitrogen and oxygen atoms in total. The highest BCUT2D eigenvalue weighted by atomic mass is 35.5. The summed E-state index contributed by atoms with van der Waals surface area (Å²) in [4.78, 5) is 21.6. The van der Waals surface area contributed by atoms with Crippen LogP contribution in [0.2, 0.25) is 10.0 Å². The molecule has 8 heteroatoms.